The summed E-state index contributed by atoms with van der Waals surface area (Å²) in [4.78, 5) is 42.6. The number of amides is 3. The molecule has 5 unspecified atom stereocenters. The predicted molar refractivity (Wildman–Crippen MR) is 150 cm³/mol. The number of nitrogens with one attached hydrogen (secondary N) is 2. The predicted octanol–water partition coefficient (Wildman–Crippen LogP) is 6.22. The molecule has 1 rings (SSSR count). The number of hydrogen-bond donors (Lipinski definition) is 2. The minimum Gasteiger partial charge on any atom is -0.444 e. The van der Waals surface area contributed by atoms with Crippen LogP contribution in [0.1, 0.15) is 111 Å². The standard InChI is InChI=1S/C30H51N3O4/c1-12-15-22(7)31-27(34)26(24-17-16-20(5)21(6)18-24)33(23(8)14-3)28(35)25(19(4)13-2)32-29(36)37-30(9,10)11/h16-19,22-23,25-26H,12-15H2,1-11H3,(H,31,34)(H,32,36). The van der Waals surface area contributed by atoms with Crippen molar-refractivity contribution in [3.63, 3.8) is 0 Å². The van der Waals surface area contributed by atoms with Gasteiger partial charge in [-0.15, -0.1) is 0 Å². The lowest BCUT2D eigenvalue weighted by Gasteiger charge is -2.40. The largest absolute Gasteiger partial charge is 0.444 e. The first-order chi connectivity index (χ1) is 17.2. The number of carbonyl (C=O) groups excluding carboxylic acids is 3. The van der Waals surface area contributed by atoms with Gasteiger partial charge in [-0.25, -0.2) is 4.79 Å². The molecule has 0 radical (unpaired) electrons. The first-order valence-electron chi connectivity index (χ1n) is 13.9. The number of rotatable bonds is 12. The SMILES string of the molecule is CCCC(C)NC(=O)C(c1ccc(C)c(C)c1)N(C(=O)C(NC(=O)OC(C)(C)C)C(C)CC)C(C)CC. The Balaban J connectivity index is 3.62. The van der Waals surface area contributed by atoms with E-state index in [9.17, 15) is 14.4 Å². The van der Waals surface area contributed by atoms with Crippen LogP contribution in [0.4, 0.5) is 4.79 Å². The molecule has 0 aliphatic carbocycles. The number of carbonyl (C=O) groups is 3. The van der Waals surface area contributed by atoms with Crippen molar-refractivity contribution >= 4 is 17.9 Å². The van der Waals surface area contributed by atoms with Crippen molar-refractivity contribution in [1.82, 2.24) is 15.5 Å². The molecular weight excluding hydrogens is 466 g/mol. The number of alkyl carbamates (subject to hydrolysis) is 1. The summed E-state index contributed by atoms with van der Waals surface area (Å²) in [5, 5.41) is 5.96. The lowest BCUT2D eigenvalue weighted by Crippen LogP contribution is -2.57. The van der Waals surface area contributed by atoms with Crippen molar-refractivity contribution in [3.8, 4) is 0 Å². The molecule has 7 heteroatoms. The monoisotopic (exact) mass is 517 g/mol. The molecule has 2 N–H and O–H groups in total. The number of hydrogen-bond acceptors (Lipinski definition) is 4. The Hall–Kier alpha value is -2.57. The molecule has 1 aromatic carbocycles. The van der Waals surface area contributed by atoms with Crippen molar-refractivity contribution in [2.75, 3.05) is 0 Å². The maximum Gasteiger partial charge on any atom is 0.408 e. The van der Waals surface area contributed by atoms with Crippen molar-refractivity contribution in [3.05, 3.63) is 34.9 Å². The van der Waals surface area contributed by atoms with Gasteiger partial charge in [-0.1, -0.05) is 58.7 Å². The Morgan fingerprint density at radius 2 is 1.57 bits per heavy atom. The van der Waals surface area contributed by atoms with E-state index in [4.69, 9.17) is 4.74 Å². The van der Waals surface area contributed by atoms with E-state index in [0.717, 1.165) is 29.5 Å². The van der Waals surface area contributed by atoms with E-state index in [1.165, 1.54) is 0 Å². The Labute approximate surface area is 225 Å². The molecule has 5 atom stereocenters. The molecule has 1 aromatic rings. The van der Waals surface area contributed by atoms with Crippen LogP contribution in [0.15, 0.2) is 18.2 Å². The fourth-order valence-electron chi connectivity index (χ4n) is 4.27. The van der Waals surface area contributed by atoms with Gasteiger partial charge in [0.2, 0.25) is 11.8 Å². The van der Waals surface area contributed by atoms with Crippen LogP contribution in [0.3, 0.4) is 0 Å². The molecule has 0 aliphatic heterocycles. The first-order valence-corrected chi connectivity index (χ1v) is 13.9. The van der Waals surface area contributed by atoms with E-state index < -0.39 is 23.8 Å². The second-order valence-electron chi connectivity index (χ2n) is 11.5. The summed E-state index contributed by atoms with van der Waals surface area (Å²) in [6, 6.07) is 4.00. The highest BCUT2D eigenvalue weighted by molar-refractivity contribution is 5.92. The zero-order valence-corrected chi connectivity index (χ0v) is 25.0. The van der Waals surface area contributed by atoms with Crippen LogP contribution >= 0.6 is 0 Å². The van der Waals surface area contributed by atoms with Crippen LogP contribution in [-0.4, -0.2) is 46.5 Å². The number of aryl methyl sites for hydroxylation is 2. The van der Waals surface area contributed by atoms with Gasteiger partial charge >= 0.3 is 6.09 Å². The molecule has 3 amide bonds. The van der Waals surface area contributed by atoms with E-state index in [1.807, 2.05) is 66.7 Å². The van der Waals surface area contributed by atoms with E-state index in [0.29, 0.717) is 12.8 Å². The third-order valence-corrected chi connectivity index (χ3v) is 6.96. The fourth-order valence-corrected chi connectivity index (χ4v) is 4.27. The van der Waals surface area contributed by atoms with E-state index >= 15 is 0 Å². The zero-order chi connectivity index (χ0) is 28.5. The summed E-state index contributed by atoms with van der Waals surface area (Å²) in [5.74, 6) is -0.650. The molecule has 7 nitrogen and oxygen atoms in total. The molecular formula is C30H51N3O4. The second-order valence-corrected chi connectivity index (χ2v) is 11.5. The molecule has 0 aliphatic rings. The summed E-state index contributed by atoms with van der Waals surface area (Å²) < 4.78 is 5.48. The minimum atomic E-state index is -0.830. The quantitative estimate of drug-likeness (QED) is 0.345. The molecule has 0 bridgehead atoms. The normalized spacial score (nSPS) is 15.6. The summed E-state index contributed by atoms with van der Waals surface area (Å²) in [6.45, 7) is 21.3. The molecule has 0 aromatic heterocycles. The van der Waals surface area contributed by atoms with E-state index in [2.05, 4.69) is 17.6 Å². The van der Waals surface area contributed by atoms with Gasteiger partial charge < -0.3 is 20.3 Å². The summed E-state index contributed by atoms with van der Waals surface area (Å²) in [5.41, 5.74) is 2.24. The van der Waals surface area contributed by atoms with Crippen molar-refractivity contribution in [2.45, 2.75) is 132 Å². The smallest absolute Gasteiger partial charge is 0.408 e. The summed E-state index contributed by atoms with van der Waals surface area (Å²) in [6.07, 6.45) is 2.48. The molecule has 210 valence electrons. The van der Waals surface area contributed by atoms with Crippen molar-refractivity contribution in [2.24, 2.45) is 5.92 Å². The highest BCUT2D eigenvalue weighted by Gasteiger charge is 2.40. The second kappa shape index (κ2) is 14.4. The van der Waals surface area contributed by atoms with Gasteiger partial charge in [0.05, 0.1) is 0 Å². The van der Waals surface area contributed by atoms with Crippen LogP contribution in [-0.2, 0) is 14.3 Å². The molecule has 0 fully saturated rings. The van der Waals surface area contributed by atoms with Crippen LogP contribution in [0.25, 0.3) is 0 Å². The number of benzene rings is 1. The molecule has 0 saturated carbocycles. The van der Waals surface area contributed by atoms with Gasteiger partial charge in [0.15, 0.2) is 0 Å². The minimum absolute atomic E-state index is 0.0225. The van der Waals surface area contributed by atoms with Gasteiger partial charge in [0, 0.05) is 12.1 Å². The molecule has 0 saturated heterocycles. The first kappa shape index (κ1) is 32.5. The van der Waals surface area contributed by atoms with Crippen molar-refractivity contribution < 1.29 is 19.1 Å². The van der Waals surface area contributed by atoms with Crippen LogP contribution in [0.2, 0.25) is 0 Å². The Bertz CT molecular complexity index is 909. The average Bonchev–Trinajstić information content (AvgIpc) is 2.80. The third-order valence-electron chi connectivity index (χ3n) is 6.96. The Kier molecular flexibility index (Phi) is 12.6. The summed E-state index contributed by atoms with van der Waals surface area (Å²) >= 11 is 0. The Morgan fingerprint density at radius 3 is 2.05 bits per heavy atom. The summed E-state index contributed by atoms with van der Waals surface area (Å²) in [7, 11) is 0. The van der Waals surface area contributed by atoms with Crippen molar-refractivity contribution in [1.29, 1.82) is 0 Å². The van der Waals surface area contributed by atoms with E-state index in [1.54, 1.807) is 25.7 Å². The van der Waals surface area contributed by atoms with Crippen LogP contribution < -0.4 is 10.6 Å². The number of ether oxygens (including phenoxy) is 1. The van der Waals surface area contributed by atoms with Gasteiger partial charge in [0.1, 0.15) is 17.7 Å². The maximum absolute atomic E-state index is 14.3. The van der Waals surface area contributed by atoms with E-state index in [-0.39, 0.29) is 29.8 Å². The third kappa shape index (κ3) is 9.67. The number of nitrogens with zero attached hydrogens (tertiary/aromatic N) is 1. The fraction of sp³-hybridized carbons (Fsp3) is 0.700. The average molecular weight is 518 g/mol. The molecule has 37 heavy (non-hydrogen) atoms. The topological polar surface area (TPSA) is 87.7 Å². The van der Waals surface area contributed by atoms with Gasteiger partial charge in [0.25, 0.3) is 0 Å². The van der Waals surface area contributed by atoms with Gasteiger partial charge in [-0.3, -0.25) is 9.59 Å². The maximum atomic E-state index is 14.3. The van der Waals surface area contributed by atoms with Gasteiger partial charge in [-0.2, -0.15) is 0 Å². The van der Waals surface area contributed by atoms with Gasteiger partial charge in [-0.05, 0) is 83.9 Å². The lowest BCUT2D eigenvalue weighted by atomic mass is 9.93. The zero-order valence-electron chi connectivity index (χ0n) is 25.0. The Morgan fingerprint density at radius 1 is 0.946 bits per heavy atom. The molecule has 0 heterocycles. The lowest BCUT2D eigenvalue weighted by molar-refractivity contribution is -0.146. The van der Waals surface area contributed by atoms with Crippen LogP contribution in [0, 0.1) is 19.8 Å². The van der Waals surface area contributed by atoms with Crippen LogP contribution in [0.5, 0.6) is 0 Å². The highest BCUT2D eigenvalue weighted by atomic mass is 16.6. The molecule has 0 spiro atoms. The highest BCUT2D eigenvalue weighted by Crippen LogP contribution is 2.29.